The van der Waals surface area contributed by atoms with Gasteiger partial charge >= 0.3 is 0 Å². The molecule has 98 valence electrons. The second-order valence-electron chi connectivity index (χ2n) is 6.29. The van der Waals surface area contributed by atoms with E-state index in [0.717, 1.165) is 18.4 Å². The van der Waals surface area contributed by atoms with Gasteiger partial charge in [0.15, 0.2) is 0 Å². The SMILES string of the molecule is CCCC(C)CC(C)(CC)CNCC(C)C. The van der Waals surface area contributed by atoms with Crippen LogP contribution in [0.4, 0.5) is 0 Å². The minimum absolute atomic E-state index is 0.490. The Hall–Kier alpha value is -0.0400. The molecule has 1 heteroatoms. The van der Waals surface area contributed by atoms with Crippen molar-refractivity contribution in [2.24, 2.45) is 17.3 Å². The lowest BCUT2D eigenvalue weighted by Crippen LogP contribution is -2.34. The van der Waals surface area contributed by atoms with E-state index in [4.69, 9.17) is 0 Å². The Morgan fingerprint density at radius 3 is 2.19 bits per heavy atom. The molecule has 0 rings (SSSR count). The van der Waals surface area contributed by atoms with E-state index in [2.05, 4.69) is 46.9 Å². The van der Waals surface area contributed by atoms with Gasteiger partial charge in [0.25, 0.3) is 0 Å². The van der Waals surface area contributed by atoms with Gasteiger partial charge in [-0.1, -0.05) is 54.4 Å². The Bertz CT molecular complexity index is 165. The first kappa shape index (κ1) is 16.0. The van der Waals surface area contributed by atoms with Gasteiger partial charge in [0.05, 0.1) is 0 Å². The maximum Gasteiger partial charge on any atom is 0.000527 e. The zero-order valence-electron chi connectivity index (χ0n) is 12.4. The summed E-state index contributed by atoms with van der Waals surface area (Å²) in [6.07, 6.45) is 5.34. The lowest BCUT2D eigenvalue weighted by Gasteiger charge is -2.32. The lowest BCUT2D eigenvalue weighted by molar-refractivity contribution is 0.219. The average molecular weight is 227 g/mol. The lowest BCUT2D eigenvalue weighted by atomic mass is 9.78. The maximum absolute atomic E-state index is 3.62. The van der Waals surface area contributed by atoms with Crippen molar-refractivity contribution in [1.82, 2.24) is 5.32 Å². The third kappa shape index (κ3) is 7.27. The molecule has 2 unspecified atom stereocenters. The number of hydrogen-bond acceptors (Lipinski definition) is 1. The summed E-state index contributed by atoms with van der Waals surface area (Å²) >= 11 is 0. The highest BCUT2D eigenvalue weighted by Crippen LogP contribution is 2.30. The summed E-state index contributed by atoms with van der Waals surface area (Å²) in [7, 11) is 0. The molecule has 0 aliphatic rings. The van der Waals surface area contributed by atoms with Gasteiger partial charge in [-0.15, -0.1) is 0 Å². The van der Waals surface area contributed by atoms with Crippen LogP contribution in [0.15, 0.2) is 0 Å². The van der Waals surface area contributed by atoms with Crippen molar-refractivity contribution in [3.8, 4) is 0 Å². The van der Waals surface area contributed by atoms with Crippen molar-refractivity contribution in [1.29, 1.82) is 0 Å². The summed E-state index contributed by atoms with van der Waals surface area (Å²) < 4.78 is 0. The Morgan fingerprint density at radius 1 is 1.12 bits per heavy atom. The van der Waals surface area contributed by atoms with Crippen molar-refractivity contribution in [3.63, 3.8) is 0 Å². The Morgan fingerprint density at radius 2 is 1.75 bits per heavy atom. The first-order valence-corrected chi connectivity index (χ1v) is 7.14. The van der Waals surface area contributed by atoms with Gasteiger partial charge in [-0.2, -0.15) is 0 Å². The number of rotatable bonds is 9. The fourth-order valence-corrected chi connectivity index (χ4v) is 2.44. The molecule has 0 aromatic rings. The van der Waals surface area contributed by atoms with Gasteiger partial charge in [-0.3, -0.25) is 0 Å². The highest BCUT2D eigenvalue weighted by Gasteiger charge is 2.23. The highest BCUT2D eigenvalue weighted by atomic mass is 14.9. The molecule has 1 N–H and O–H groups in total. The predicted octanol–water partition coefficient (Wildman–Crippen LogP) is 4.47. The molecular formula is C15H33N. The van der Waals surface area contributed by atoms with Crippen LogP contribution in [0.2, 0.25) is 0 Å². The van der Waals surface area contributed by atoms with E-state index in [-0.39, 0.29) is 0 Å². The van der Waals surface area contributed by atoms with Gasteiger partial charge < -0.3 is 5.32 Å². The first-order chi connectivity index (χ1) is 7.43. The van der Waals surface area contributed by atoms with Crippen LogP contribution in [0.1, 0.15) is 67.2 Å². The van der Waals surface area contributed by atoms with Gasteiger partial charge in [0, 0.05) is 6.54 Å². The fraction of sp³-hybridized carbons (Fsp3) is 1.00. The third-order valence-corrected chi connectivity index (χ3v) is 3.58. The molecule has 0 amide bonds. The molecule has 0 bridgehead atoms. The van der Waals surface area contributed by atoms with Crippen LogP contribution in [-0.4, -0.2) is 13.1 Å². The molecular weight excluding hydrogens is 194 g/mol. The molecule has 0 fully saturated rings. The van der Waals surface area contributed by atoms with Crippen LogP contribution < -0.4 is 5.32 Å². The second-order valence-corrected chi connectivity index (χ2v) is 6.29. The molecule has 16 heavy (non-hydrogen) atoms. The quantitative estimate of drug-likeness (QED) is 0.612. The van der Waals surface area contributed by atoms with E-state index in [1.165, 1.54) is 32.2 Å². The van der Waals surface area contributed by atoms with Crippen molar-refractivity contribution >= 4 is 0 Å². The van der Waals surface area contributed by atoms with Crippen molar-refractivity contribution in [3.05, 3.63) is 0 Å². The normalized spacial score (nSPS) is 17.4. The van der Waals surface area contributed by atoms with E-state index in [9.17, 15) is 0 Å². The van der Waals surface area contributed by atoms with Crippen LogP contribution in [-0.2, 0) is 0 Å². The molecule has 0 aliphatic heterocycles. The van der Waals surface area contributed by atoms with E-state index < -0.39 is 0 Å². The zero-order valence-corrected chi connectivity index (χ0v) is 12.4. The third-order valence-electron chi connectivity index (χ3n) is 3.58. The Balaban J connectivity index is 3.99. The summed E-state index contributed by atoms with van der Waals surface area (Å²) in [6, 6.07) is 0. The molecule has 0 saturated carbocycles. The second kappa shape index (κ2) is 8.11. The molecule has 1 nitrogen and oxygen atoms in total. The summed E-state index contributed by atoms with van der Waals surface area (Å²) in [6.45, 7) is 16.3. The van der Waals surface area contributed by atoms with Crippen molar-refractivity contribution in [2.45, 2.75) is 67.2 Å². The van der Waals surface area contributed by atoms with Gasteiger partial charge in [-0.25, -0.2) is 0 Å². The monoisotopic (exact) mass is 227 g/mol. The van der Waals surface area contributed by atoms with Gasteiger partial charge in [0.1, 0.15) is 0 Å². The zero-order chi connectivity index (χ0) is 12.6. The minimum Gasteiger partial charge on any atom is -0.316 e. The number of nitrogens with one attached hydrogen (secondary N) is 1. The van der Waals surface area contributed by atoms with E-state index in [0.29, 0.717) is 5.41 Å². The van der Waals surface area contributed by atoms with Crippen LogP contribution in [0.5, 0.6) is 0 Å². The minimum atomic E-state index is 0.490. The van der Waals surface area contributed by atoms with E-state index >= 15 is 0 Å². The average Bonchev–Trinajstić information content (AvgIpc) is 2.17. The highest BCUT2D eigenvalue weighted by molar-refractivity contribution is 4.78. The smallest absolute Gasteiger partial charge is 0.000527 e. The van der Waals surface area contributed by atoms with Crippen LogP contribution >= 0.6 is 0 Å². The largest absolute Gasteiger partial charge is 0.316 e. The summed E-state index contributed by atoms with van der Waals surface area (Å²) in [5, 5.41) is 3.62. The summed E-state index contributed by atoms with van der Waals surface area (Å²) in [5.74, 6) is 1.63. The van der Waals surface area contributed by atoms with E-state index in [1.54, 1.807) is 0 Å². The topological polar surface area (TPSA) is 12.0 Å². The molecule has 2 atom stereocenters. The van der Waals surface area contributed by atoms with Crippen LogP contribution in [0.25, 0.3) is 0 Å². The number of hydrogen-bond donors (Lipinski definition) is 1. The van der Waals surface area contributed by atoms with Gasteiger partial charge in [-0.05, 0) is 36.6 Å². The maximum atomic E-state index is 3.62. The Labute approximate surface area is 103 Å². The van der Waals surface area contributed by atoms with E-state index in [1.807, 2.05) is 0 Å². The Kier molecular flexibility index (Phi) is 8.09. The van der Waals surface area contributed by atoms with Gasteiger partial charge in [0.2, 0.25) is 0 Å². The summed E-state index contributed by atoms with van der Waals surface area (Å²) in [4.78, 5) is 0. The standard InChI is InChI=1S/C15H33N/c1-7-9-14(5)10-15(6,8-2)12-16-11-13(3)4/h13-14,16H,7-12H2,1-6H3. The molecule has 0 radical (unpaired) electrons. The van der Waals surface area contributed by atoms with Crippen LogP contribution in [0, 0.1) is 17.3 Å². The molecule has 0 aromatic carbocycles. The first-order valence-electron chi connectivity index (χ1n) is 7.14. The molecule has 0 spiro atoms. The summed E-state index contributed by atoms with van der Waals surface area (Å²) in [5.41, 5.74) is 0.490. The van der Waals surface area contributed by atoms with Crippen molar-refractivity contribution in [2.75, 3.05) is 13.1 Å². The molecule has 0 aliphatic carbocycles. The predicted molar refractivity (Wildman–Crippen MR) is 74.8 cm³/mol. The fourth-order valence-electron chi connectivity index (χ4n) is 2.44. The molecule has 0 saturated heterocycles. The molecule has 0 aromatic heterocycles. The van der Waals surface area contributed by atoms with Crippen LogP contribution in [0.3, 0.4) is 0 Å². The molecule has 0 heterocycles. The van der Waals surface area contributed by atoms with Crippen molar-refractivity contribution < 1.29 is 0 Å².